The first-order valence-corrected chi connectivity index (χ1v) is 11.7. The zero-order valence-electron chi connectivity index (χ0n) is 20.1. The van der Waals surface area contributed by atoms with Crippen molar-refractivity contribution in [3.05, 3.63) is 64.4 Å². The van der Waals surface area contributed by atoms with Gasteiger partial charge in [-0.2, -0.15) is 0 Å². The predicted molar refractivity (Wildman–Crippen MR) is 132 cm³/mol. The summed E-state index contributed by atoms with van der Waals surface area (Å²) in [6, 6.07) is 12.1. The number of fused-ring (bicyclic) bond motifs is 1. The van der Waals surface area contributed by atoms with Crippen molar-refractivity contribution >= 4 is 28.6 Å². The third-order valence-electron chi connectivity index (χ3n) is 6.33. The van der Waals surface area contributed by atoms with Crippen molar-refractivity contribution in [3.8, 4) is 11.4 Å². The van der Waals surface area contributed by atoms with Crippen molar-refractivity contribution in [2.24, 2.45) is 0 Å². The van der Waals surface area contributed by atoms with Gasteiger partial charge in [-0.05, 0) is 56.5 Å². The Kier molecular flexibility index (Phi) is 6.28. The summed E-state index contributed by atoms with van der Waals surface area (Å²) in [5.74, 6) is -0.538. The Morgan fingerprint density at radius 3 is 2.69 bits per heavy atom. The molecule has 1 aliphatic heterocycles. The number of methoxy groups -OCH3 is 1. The molecule has 11 heteroatoms. The van der Waals surface area contributed by atoms with Gasteiger partial charge in [-0.1, -0.05) is 11.3 Å². The minimum absolute atomic E-state index is 0.114. The highest BCUT2D eigenvalue weighted by molar-refractivity contribution is 6.04. The molecule has 0 atom stereocenters. The zero-order valence-corrected chi connectivity index (χ0v) is 20.1. The number of nitrogens with one attached hydrogen (secondary N) is 1. The van der Waals surface area contributed by atoms with Crippen LogP contribution in [-0.2, 0) is 11.3 Å². The van der Waals surface area contributed by atoms with Crippen molar-refractivity contribution in [2.45, 2.75) is 32.7 Å². The van der Waals surface area contributed by atoms with Crippen LogP contribution in [0, 0.1) is 6.92 Å². The van der Waals surface area contributed by atoms with E-state index in [9.17, 15) is 14.4 Å². The molecule has 2 aromatic heterocycles. The molecule has 1 saturated heterocycles. The quantitative estimate of drug-likeness (QED) is 0.441. The third kappa shape index (κ3) is 4.47. The Hall–Kier alpha value is -4.41. The molecular formula is C25H26N6O5. The van der Waals surface area contributed by atoms with E-state index in [4.69, 9.17) is 9.15 Å². The number of ether oxygens (including phenoxy) is 1. The lowest BCUT2D eigenvalue weighted by molar-refractivity contribution is -0.132. The predicted octanol–water partition coefficient (Wildman–Crippen LogP) is 2.76. The van der Waals surface area contributed by atoms with Crippen LogP contribution >= 0.6 is 0 Å². The fraction of sp³-hybridized carbons (Fsp3) is 0.320. The molecule has 3 heterocycles. The van der Waals surface area contributed by atoms with Crippen LogP contribution in [-0.4, -0.2) is 56.5 Å². The van der Waals surface area contributed by atoms with E-state index in [1.807, 2.05) is 18.2 Å². The fourth-order valence-corrected chi connectivity index (χ4v) is 4.38. The molecule has 0 spiro atoms. The van der Waals surface area contributed by atoms with E-state index in [-0.39, 0.29) is 18.1 Å². The van der Waals surface area contributed by atoms with Crippen LogP contribution in [0.2, 0.25) is 0 Å². The maximum Gasteiger partial charge on any atom is 0.420 e. The van der Waals surface area contributed by atoms with Crippen LogP contribution in [0.3, 0.4) is 0 Å². The van der Waals surface area contributed by atoms with E-state index in [2.05, 4.69) is 15.6 Å². The second-order valence-electron chi connectivity index (χ2n) is 8.67. The van der Waals surface area contributed by atoms with Gasteiger partial charge in [0.15, 0.2) is 11.3 Å². The summed E-state index contributed by atoms with van der Waals surface area (Å²) in [4.78, 5) is 40.0. The van der Waals surface area contributed by atoms with Gasteiger partial charge in [0, 0.05) is 24.8 Å². The Morgan fingerprint density at radius 2 is 1.92 bits per heavy atom. The van der Waals surface area contributed by atoms with Gasteiger partial charge in [0.25, 0.3) is 5.91 Å². The van der Waals surface area contributed by atoms with Gasteiger partial charge >= 0.3 is 5.76 Å². The van der Waals surface area contributed by atoms with Gasteiger partial charge in [0.1, 0.15) is 12.3 Å². The maximum atomic E-state index is 13.0. The first kappa shape index (κ1) is 23.3. The number of hydrogen-bond acceptors (Lipinski definition) is 7. The minimum Gasteiger partial charge on any atom is -0.497 e. The lowest BCUT2D eigenvalue weighted by Crippen LogP contribution is -2.39. The van der Waals surface area contributed by atoms with Crippen molar-refractivity contribution in [1.29, 1.82) is 0 Å². The number of rotatable bonds is 6. The smallest absolute Gasteiger partial charge is 0.420 e. The SMILES string of the molecule is COc1cccc(-n2nnc(C(=O)Nc3ccc4oc(=O)n(CC(=O)N5CCCCC5)c4c3)c2C)c1. The van der Waals surface area contributed by atoms with Crippen molar-refractivity contribution in [2.75, 3.05) is 25.5 Å². The number of amides is 2. The summed E-state index contributed by atoms with van der Waals surface area (Å²) in [7, 11) is 1.58. The molecule has 2 amide bonds. The molecule has 11 nitrogen and oxygen atoms in total. The van der Waals surface area contributed by atoms with Crippen LogP contribution in [0.1, 0.15) is 35.4 Å². The lowest BCUT2D eigenvalue weighted by atomic mass is 10.1. The van der Waals surface area contributed by atoms with Crippen LogP contribution in [0.4, 0.5) is 5.69 Å². The summed E-state index contributed by atoms with van der Waals surface area (Å²) in [6.07, 6.45) is 3.03. The molecule has 36 heavy (non-hydrogen) atoms. The number of aromatic nitrogens is 4. The Balaban J connectivity index is 1.37. The number of carbonyl (C=O) groups is 2. The summed E-state index contributed by atoms with van der Waals surface area (Å²) in [5, 5.41) is 11.0. The molecule has 1 fully saturated rings. The number of oxazole rings is 1. The molecule has 0 bridgehead atoms. The number of carbonyl (C=O) groups excluding carboxylic acids is 2. The molecule has 0 unspecified atom stereocenters. The molecule has 0 radical (unpaired) electrons. The first-order valence-electron chi connectivity index (χ1n) is 11.7. The Labute approximate surface area is 206 Å². The summed E-state index contributed by atoms with van der Waals surface area (Å²) in [6.45, 7) is 3.02. The zero-order chi connectivity index (χ0) is 25.2. The average Bonchev–Trinajstić information content (AvgIpc) is 3.43. The number of anilines is 1. The topological polar surface area (TPSA) is 124 Å². The van der Waals surface area contributed by atoms with E-state index in [1.54, 1.807) is 47.9 Å². The van der Waals surface area contributed by atoms with E-state index < -0.39 is 11.7 Å². The highest BCUT2D eigenvalue weighted by atomic mass is 16.5. The minimum atomic E-state index is -0.615. The number of piperidine rings is 1. The molecule has 5 rings (SSSR count). The molecule has 186 valence electrons. The summed E-state index contributed by atoms with van der Waals surface area (Å²) in [5.41, 5.74) is 2.62. The van der Waals surface area contributed by atoms with Gasteiger partial charge in [0.2, 0.25) is 5.91 Å². The van der Waals surface area contributed by atoms with Crippen LogP contribution in [0.15, 0.2) is 51.7 Å². The third-order valence-corrected chi connectivity index (χ3v) is 6.33. The maximum absolute atomic E-state index is 13.0. The monoisotopic (exact) mass is 490 g/mol. The number of nitrogens with zero attached hydrogens (tertiary/aromatic N) is 5. The molecule has 0 saturated carbocycles. The number of hydrogen-bond donors (Lipinski definition) is 1. The largest absolute Gasteiger partial charge is 0.497 e. The van der Waals surface area contributed by atoms with Gasteiger partial charge in [-0.15, -0.1) is 5.10 Å². The molecule has 1 aliphatic rings. The lowest BCUT2D eigenvalue weighted by Gasteiger charge is -2.26. The van der Waals surface area contributed by atoms with Crippen LogP contribution in [0.5, 0.6) is 5.75 Å². The van der Waals surface area contributed by atoms with Crippen molar-refractivity contribution < 1.29 is 18.7 Å². The molecule has 0 aliphatic carbocycles. The van der Waals surface area contributed by atoms with Gasteiger partial charge < -0.3 is 19.4 Å². The van der Waals surface area contributed by atoms with E-state index in [0.29, 0.717) is 47.0 Å². The highest BCUT2D eigenvalue weighted by Gasteiger charge is 2.21. The fourth-order valence-electron chi connectivity index (χ4n) is 4.38. The number of likely N-dealkylation sites (tertiary alicyclic amines) is 1. The summed E-state index contributed by atoms with van der Waals surface area (Å²) >= 11 is 0. The standard InChI is InChI=1S/C25H26N6O5/c1-16-23(27-28-31(16)18-7-6-8-19(14-18)35-2)24(33)26-17-9-10-21-20(13-17)30(25(34)36-21)15-22(32)29-11-4-3-5-12-29/h6-10,13-14H,3-5,11-12,15H2,1-2H3,(H,26,33). The molecule has 2 aromatic carbocycles. The van der Waals surface area contributed by atoms with Crippen LogP contribution < -0.4 is 15.8 Å². The van der Waals surface area contributed by atoms with E-state index in [1.165, 1.54) is 4.57 Å². The second-order valence-corrected chi connectivity index (χ2v) is 8.67. The van der Waals surface area contributed by atoms with Gasteiger partial charge in [-0.25, -0.2) is 9.48 Å². The molecule has 4 aromatic rings. The Bertz CT molecular complexity index is 1490. The van der Waals surface area contributed by atoms with Crippen LogP contribution in [0.25, 0.3) is 16.8 Å². The molecular weight excluding hydrogens is 464 g/mol. The van der Waals surface area contributed by atoms with Crippen molar-refractivity contribution in [1.82, 2.24) is 24.5 Å². The van der Waals surface area contributed by atoms with Gasteiger partial charge in [-0.3, -0.25) is 14.2 Å². The summed E-state index contributed by atoms with van der Waals surface area (Å²) < 4.78 is 13.4. The second kappa shape index (κ2) is 9.68. The normalized spacial score (nSPS) is 13.7. The van der Waals surface area contributed by atoms with Gasteiger partial charge in [0.05, 0.1) is 24.0 Å². The number of benzene rings is 2. The molecule has 1 N–H and O–H groups in total. The Morgan fingerprint density at radius 1 is 1.11 bits per heavy atom. The average molecular weight is 491 g/mol. The van der Waals surface area contributed by atoms with E-state index in [0.717, 1.165) is 19.3 Å². The first-order chi connectivity index (χ1) is 17.4. The van der Waals surface area contributed by atoms with E-state index >= 15 is 0 Å². The highest BCUT2D eigenvalue weighted by Crippen LogP contribution is 2.22. The van der Waals surface area contributed by atoms with Crippen molar-refractivity contribution in [3.63, 3.8) is 0 Å².